The Bertz CT molecular complexity index is 620. The van der Waals surface area contributed by atoms with E-state index in [-0.39, 0.29) is 31.4 Å². The molecule has 0 aliphatic carbocycles. The maximum absolute atomic E-state index is 11.9. The number of carbonyl (C=O) groups is 2. The van der Waals surface area contributed by atoms with Gasteiger partial charge in [-0.2, -0.15) is 0 Å². The number of fused-ring (bicyclic) bond motifs is 1. The van der Waals surface area contributed by atoms with Gasteiger partial charge in [-0.3, -0.25) is 14.5 Å². The summed E-state index contributed by atoms with van der Waals surface area (Å²) in [6, 6.07) is 2.49. The van der Waals surface area contributed by atoms with Gasteiger partial charge in [-0.05, 0) is 22.9 Å². The van der Waals surface area contributed by atoms with Gasteiger partial charge < -0.3 is 24.3 Å². The second-order valence-electron chi connectivity index (χ2n) is 4.43. The van der Waals surface area contributed by atoms with Gasteiger partial charge in [0.05, 0.1) is 6.61 Å². The molecule has 0 bridgehead atoms. The quantitative estimate of drug-likeness (QED) is 0.303. The molecule has 0 radical (unpaired) electrons. The first-order valence-corrected chi connectivity index (χ1v) is 6.85. The van der Waals surface area contributed by atoms with Crippen LogP contribution >= 0.6 is 0 Å². The van der Waals surface area contributed by atoms with Gasteiger partial charge in [0.1, 0.15) is 13.2 Å². The maximum Gasteiger partial charge on any atom is 0.366 e. The summed E-state index contributed by atoms with van der Waals surface area (Å²) in [6.45, 7) is 1.93. The molecule has 0 unspecified atom stereocenters. The summed E-state index contributed by atoms with van der Waals surface area (Å²) in [7, 11) is 0. The van der Waals surface area contributed by atoms with Gasteiger partial charge in [0.25, 0.3) is 11.7 Å². The molecule has 0 spiro atoms. The van der Waals surface area contributed by atoms with E-state index in [1.807, 2.05) is 6.92 Å². The summed E-state index contributed by atoms with van der Waals surface area (Å²) in [5.41, 5.74) is 0. The van der Waals surface area contributed by atoms with E-state index in [4.69, 9.17) is 14.2 Å². The molecule has 0 saturated heterocycles. The number of nitrogens with zero attached hydrogens (tertiary/aromatic N) is 3. The molecule has 1 aliphatic rings. The number of aromatic nitrogens is 1. The van der Waals surface area contributed by atoms with Crippen molar-refractivity contribution in [1.82, 2.24) is 4.98 Å². The number of nitro groups is 1. The van der Waals surface area contributed by atoms with Crippen LogP contribution in [-0.2, 0) is 19.1 Å². The van der Waals surface area contributed by atoms with Crippen LogP contribution in [0.1, 0.15) is 6.92 Å². The molecule has 124 valence electrons. The van der Waals surface area contributed by atoms with Crippen LogP contribution in [0.25, 0.3) is 0 Å². The average molecular weight is 325 g/mol. The van der Waals surface area contributed by atoms with Crippen molar-refractivity contribution in [2.45, 2.75) is 6.92 Å². The third-order valence-electron chi connectivity index (χ3n) is 2.90. The molecule has 1 aromatic heterocycles. The molecule has 10 heteroatoms. The minimum absolute atomic E-state index is 0.0560. The van der Waals surface area contributed by atoms with Crippen LogP contribution in [0.5, 0.6) is 5.75 Å². The molecule has 1 aliphatic heterocycles. The van der Waals surface area contributed by atoms with Gasteiger partial charge >= 0.3 is 11.8 Å². The Morgan fingerprint density at radius 1 is 1.48 bits per heavy atom. The minimum Gasteiger partial charge on any atom is -0.477 e. The zero-order valence-electron chi connectivity index (χ0n) is 12.4. The number of pyridine rings is 1. The lowest BCUT2D eigenvalue weighted by Gasteiger charge is -2.24. The highest BCUT2D eigenvalue weighted by Gasteiger charge is 2.33. The standard InChI is InChI=1S/C13H15N3O7/c1-2-21-5-6-22-12(18)7-15-11(17)8-23-9-3-4-10(16(19)20)14-13(9)15/h3-4H,2,5-8H2,1H3. The van der Waals surface area contributed by atoms with Crippen molar-refractivity contribution in [3.05, 3.63) is 22.2 Å². The van der Waals surface area contributed by atoms with Crippen LogP contribution < -0.4 is 9.64 Å². The Morgan fingerprint density at radius 3 is 2.96 bits per heavy atom. The number of rotatable bonds is 7. The van der Waals surface area contributed by atoms with Gasteiger partial charge in [-0.15, -0.1) is 0 Å². The SMILES string of the molecule is CCOCCOC(=O)CN1C(=O)COc2ccc([N+](=O)[O-])nc21. The average Bonchev–Trinajstić information content (AvgIpc) is 2.53. The molecule has 0 saturated carbocycles. The summed E-state index contributed by atoms with van der Waals surface area (Å²) >= 11 is 0. The second kappa shape index (κ2) is 7.49. The lowest BCUT2D eigenvalue weighted by Crippen LogP contribution is -2.43. The summed E-state index contributed by atoms with van der Waals surface area (Å²) in [5, 5.41) is 10.8. The van der Waals surface area contributed by atoms with E-state index < -0.39 is 29.2 Å². The summed E-state index contributed by atoms with van der Waals surface area (Å²) in [4.78, 5) is 38.5. The fourth-order valence-corrected chi connectivity index (χ4v) is 1.87. The number of hydrogen-bond donors (Lipinski definition) is 0. The van der Waals surface area contributed by atoms with Crippen molar-refractivity contribution < 1.29 is 28.7 Å². The number of anilines is 1. The largest absolute Gasteiger partial charge is 0.477 e. The van der Waals surface area contributed by atoms with Gasteiger partial charge in [0.15, 0.2) is 12.4 Å². The highest BCUT2D eigenvalue weighted by molar-refractivity contribution is 6.00. The summed E-state index contributed by atoms with van der Waals surface area (Å²) in [6.07, 6.45) is 0. The fraction of sp³-hybridized carbons (Fsp3) is 0.462. The topological polar surface area (TPSA) is 121 Å². The summed E-state index contributed by atoms with van der Waals surface area (Å²) in [5.74, 6) is -1.53. The van der Waals surface area contributed by atoms with E-state index in [1.54, 1.807) is 0 Å². The van der Waals surface area contributed by atoms with Crippen LogP contribution in [0.4, 0.5) is 11.6 Å². The Morgan fingerprint density at radius 2 is 2.26 bits per heavy atom. The van der Waals surface area contributed by atoms with Crippen LogP contribution in [0, 0.1) is 10.1 Å². The molecule has 23 heavy (non-hydrogen) atoms. The first-order valence-electron chi connectivity index (χ1n) is 6.85. The normalized spacial score (nSPS) is 13.3. The molecular formula is C13H15N3O7. The van der Waals surface area contributed by atoms with Gasteiger partial charge in [-0.1, -0.05) is 0 Å². The van der Waals surface area contributed by atoms with E-state index >= 15 is 0 Å². The molecular weight excluding hydrogens is 310 g/mol. The van der Waals surface area contributed by atoms with E-state index in [1.165, 1.54) is 6.07 Å². The third-order valence-corrected chi connectivity index (χ3v) is 2.90. The van der Waals surface area contributed by atoms with Gasteiger partial charge in [-0.25, -0.2) is 0 Å². The second-order valence-corrected chi connectivity index (χ2v) is 4.43. The van der Waals surface area contributed by atoms with Crippen molar-refractivity contribution in [3.8, 4) is 5.75 Å². The van der Waals surface area contributed by atoms with Gasteiger partial charge in [0, 0.05) is 12.7 Å². The van der Waals surface area contributed by atoms with Crippen LogP contribution in [-0.4, -0.2) is 54.8 Å². The first kappa shape index (κ1) is 16.6. The number of hydrogen-bond acceptors (Lipinski definition) is 8. The van der Waals surface area contributed by atoms with Crippen LogP contribution in [0.3, 0.4) is 0 Å². The molecule has 0 atom stereocenters. The zero-order valence-corrected chi connectivity index (χ0v) is 12.4. The predicted molar refractivity (Wildman–Crippen MR) is 76.2 cm³/mol. The highest BCUT2D eigenvalue weighted by atomic mass is 16.6. The predicted octanol–water partition coefficient (Wildman–Crippen LogP) is 0.295. The maximum atomic E-state index is 11.9. The smallest absolute Gasteiger partial charge is 0.366 e. The molecule has 1 amide bonds. The van der Waals surface area contributed by atoms with Crippen molar-refractivity contribution in [2.75, 3.05) is 37.9 Å². The molecule has 0 fully saturated rings. The van der Waals surface area contributed by atoms with Crippen molar-refractivity contribution in [1.29, 1.82) is 0 Å². The third kappa shape index (κ3) is 4.13. The lowest BCUT2D eigenvalue weighted by molar-refractivity contribution is -0.389. The highest BCUT2D eigenvalue weighted by Crippen LogP contribution is 2.31. The molecule has 0 N–H and O–H groups in total. The Balaban J connectivity index is 2.09. The number of ether oxygens (including phenoxy) is 3. The van der Waals surface area contributed by atoms with Crippen LogP contribution in [0.15, 0.2) is 12.1 Å². The van der Waals surface area contributed by atoms with Crippen LogP contribution in [0.2, 0.25) is 0 Å². The number of amides is 1. The monoisotopic (exact) mass is 325 g/mol. The molecule has 10 nitrogen and oxygen atoms in total. The number of carbonyl (C=O) groups excluding carboxylic acids is 2. The zero-order chi connectivity index (χ0) is 16.8. The Hall–Kier alpha value is -2.75. The van der Waals surface area contributed by atoms with E-state index in [0.29, 0.717) is 6.61 Å². The van der Waals surface area contributed by atoms with Gasteiger partial charge in [0.2, 0.25) is 0 Å². The van der Waals surface area contributed by atoms with E-state index in [2.05, 4.69) is 4.98 Å². The van der Waals surface area contributed by atoms with Crippen molar-refractivity contribution in [3.63, 3.8) is 0 Å². The van der Waals surface area contributed by atoms with Crippen molar-refractivity contribution in [2.24, 2.45) is 0 Å². The molecule has 1 aromatic rings. The van der Waals surface area contributed by atoms with Crippen molar-refractivity contribution >= 4 is 23.5 Å². The van der Waals surface area contributed by atoms with E-state index in [0.717, 1.165) is 11.0 Å². The summed E-state index contributed by atoms with van der Waals surface area (Å²) < 4.78 is 15.1. The molecule has 2 heterocycles. The number of esters is 1. The van der Waals surface area contributed by atoms with E-state index in [9.17, 15) is 19.7 Å². The first-order chi connectivity index (χ1) is 11.0. The molecule has 0 aromatic carbocycles. The lowest BCUT2D eigenvalue weighted by atomic mass is 10.3. The fourth-order valence-electron chi connectivity index (χ4n) is 1.87. The molecule has 2 rings (SSSR count). The Kier molecular flexibility index (Phi) is 5.41. The minimum atomic E-state index is -0.696. The Labute approximate surface area is 131 Å².